The zero-order valence-corrected chi connectivity index (χ0v) is 14.1. The van der Waals surface area contributed by atoms with Gasteiger partial charge in [0, 0.05) is 23.9 Å². The van der Waals surface area contributed by atoms with Crippen molar-refractivity contribution in [2.45, 2.75) is 13.5 Å². The molecular weight excluding hydrogens is 314 g/mol. The van der Waals surface area contributed by atoms with Crippen LogP contribution in [-0.4, -0.2) is 24.9 Å². The summed E-state index contributed by atoms with van der Waals surface area (Å²) in [5.74, 6) is 0.665. The van der Waals surface area contributed by atoms with Gasteiger partial charge in [-0.2, -0.15) is 5.10 Å². The van der Waals surface area contributed by atoms with Gasteiger partial charge in [-0.15, -0.1) is 0 Å². The normalized spacial score (nSPS) is 11.3. The van der Waals surface area contributed by atoms with Crippen molar-refractivity contribution in [3.05, 3.63) is 53.6 Å². The van der Waals surface area contributed by atoms with Gasteiger partial charge in [0.25, 0.3) is 0 Å². The molecule has 0 saturated carbocycles. The number of imidazole rings is 1. The fraction of sp³-hybridized carbons (Fsp3) is 0.158. The number of aromatic nitrogens is 4. The molecule has 0 unspecified atom stereocenters. The largest absolute Gasteiger partial charge is 0.399 e. The lowest BCUT2D eigenvalue weighted by Gasteiger charge is -2.02. The number of hydrogen-bond acceptors (Lipinski definition) is 4. The van der Waals surface area contributed by atoms with Crippen LogP contribution < -0.4 is 5.73 Å². The zero-order chi connectivity index (χ0) is 17.6. The average molecular weight is 333 g/mol. The van der Waals surface area contributed by atoms with Crippen molar-refractivity contribution in [2.75, 3.05) is 5.73 Å². The van der Waals surface area contributed by atoms with E-state index in [4.69, 9.17) is 5.73 Å². The molecule has 4 aromatic rings. The molecule has 0 spiro atoms. The molecule has 2 aromatic heterocycles. The van der Waals surface area contributed by atoms with Crippen molar-refractivity contribution in [3.8, 4) is 22.8 Å². The molecule has 6 nitrogen and oxygen atoms in total. The molecule has 4 rings (SSSR count). The summed E-state index contributed by atoms with van der Waals surface area (Å²) in [4.78, 5) is 7.91. The van der Waals surface area contributed by atoms with Crippen molar-refractivity contribution in [2.24, 2.45) is 7.05 Å². The lowest BCUT2D eigenvalue weighted by atomic mass is 10.0. The highest BCUT2D eigenvalue weighted by molar-refractivity contribution is 5.83. The van der Waals surface area contributed by atoms with E-state index >= 15 is 0 Å². The van der Waals surface area contributed by atoms with Gasteiger partial charge < -0.3 is 15.8 Å². The number of rotatable bonds is 3. The predicted molar refractivity (Wildman–Crippen MR) is 98.8 cm³/mol. The molecule has 126 valence electrons. The molecule has 2 heterocycles. The molecule has 2 aromatic carbocycles. The summed E-state index contributed by atoms with van der Waals surface area (Å²) in [7, 11) is 1.85. The summed E-state index contributed by atoms with van der Waals surface area (Å²) in [5, 5.41) is 14.6. The summed E-state index contributed by atoms with van der Waals surface area (Å²) in [6.45, 7) is 1.92. The molecule has 0 fully saturated rings. The number of nitrogens with one attached hydrogen (secondary N) is 1. The van der Waals surface area contributed by atoms with Gasteiger partial charge in [0.1, 0.15) is 5.69 Å². The van der Waals surface area contributed by atoms with Crippen LogP contribution in [0.1, 0.15) is 11.1 Å². The molecule has 0 radical (unpaired) electrons. The standard InChI is InChI=1S/C19H19N5O/c1-11-3-5-12(6-4-11)17-14(10-25)18(24(2)23-17)19-21-15-8-7-13(20)9-16(15)22-19/h3-9,25H,10,20H2,1-2H3,(H,21,22). The summed E-state index contributed by atoms with van der Waals surface area (Å²) >= 11 is 0. The van der Waals surface area contributed by atoms with E-state index in [1.165, 1.54) is 5.56 Å². The van der Waals surface area contributed by atoms with E-state index in [9.17, 15) is 5.11 Å². The van der Waals surface area contributed by atoms with E-state index in [1.54, 1.807) is 4.68 Å². The Hall–Kier alpha value is -3.12. The topological polar surface area (TPSA) is 92.8 Å². The second kappa shape index (κ2) is 5.75. The van der Waals surface area contributed by atoms with Crippen LogP contribution in [0.3, 0.4) is 0 Å². The fourth-order valence-corrected chi connectivity index (χ4v) is 3.10. The average Bonchev–Trinajstić information content (AvgIpc) is 3.15. The van der Waals surface area contributed by atoms with Crippen LogP contribution in [0.2, 0.25) is 0 Å². The van der Waals surface area contributed by atoms with Gasteiger partial charge in [-0.1, -0.05) is 29.8 Å². The number of fused-ring (bicyclic) bond motifs is 1. The first-order valence-corrected chi connectivity index (χ1v) is 8.06. The molecule has 0 bridgehead atoms. The first-order chi connectivity index (χ1) is 12.1. The van der Waals surface area contributed by atoms with E-state index in [0.717, 1.165) is 33.5 Å². The van der Waals surface area contributed by atoms with E-state index in [-0.39, 0.29) is 6.61 Å². The molecule has 6 heteroatoms. The zero-order valence-electron chi connectivity index (χ0n) is 14.1. The summed E-state index contributed by atoms with van der Waals surface area (Å²) in [6.07, 6.45) is 0. The van der Waals surface area contributed by atoms with Crippen LogP contribution in [0, 0.1) is 6.92 Å². The third-order valence-electron chi connectivity index (χ3n) is 4.36. The van der Waals surface area contributed by atoms with E-state index < -0.39 is 0 Å². The summed E-state index contributed by atoms with van der Waals surface area (Å²) < 4.78 is 1.75. The van der Waals surface area contributed by atoms with Crippen LogP contribution in [0.25, 0.3) is 33.8 Å². The number of hydrogen-bond donors (Lipinski definition) is 3. The number of nitrogens with zero attached hydrogens (tertiary/aromatic N) is 3. The minimum atomic E-state index is -0.119. The Labute approximate surface area is 144 Å². The van der Waals surface area contributed by atoms with Crippen LogP contribution in [0.15, 0.2) is 42.5 Å². The monoisotopic (exact) mass is 333 g/mol. The van der Waals surface area contributed by atoms with Gasteiger partial charge in [0.05, 0.1) is 23.3 Å². The minimum absolute atomic E-state index is 0.119. The quantitative estimate of drug-likeness (QED) is 0.502. The van der Waals surface area contributed by atoms with Crippen molar-refractivity contribution in [3.63, 3.8) is 0 Å². The number of aliphatic hydroxyl groups excluding tert-OH is 1. The number of nitrogen functional groups attached to an aromatic ring is 1. The van der Waals surface area contributed by atoms with Gasteiger partial charge in [-0.05, 0) is 25.1 Å². The maximum atomic E-state index is 9.99. The molecule has 4 N–H and O–H groups in total. The van der Waals surface area contributed by atoms with Crippen molar-refractivity contribution in [1.82, 2.24) is 19.7 Å². The second-order valence-electron chi connectivity index (χ2n) is 6.19. The minimum Gasteiger partial charge on any atom is -0.399 e. The number of nitrogens with two attached hydrogens (primary N) is 1. The Morgan fingerprint density at radius 2 is 1.92 bits per heavy atom. The number of aromatic amines is 1. The summed E-state index contributed by atoms with van der Waals surface area (Å²) in [5.41, 5.74) is 12.6. The number of anilines is 1. The highest BCUT2D eigenvalue weighted by Crippen LogP contribution is 2.32. The highest BCUT2D eigenvalue weighted by Gasteiger charge is 2.20. The molecule has 0 amide bonds. The number of benzene rings is 2. The maximum absolute atomic E-state index is 9.99. The lowest BCUT2D eigenvalue weighted by Crippen LogP contribution is -1.97. The highest BCUT2D eigenvalue weighted by atomic mass is 16.3. The molecule has 0 aliphatic rings. The van der Waals surface area contributed by atoms with Crippen LogP contribution in [0.4, 0.5) is 5.69 Å². The van der Waals surface area contributed by atoms with Crippen molar-refractivity contribution >= 4 is 16.7 Å². The Kier molecular flexibility index (Phi) is 3.54. The van der Waals surface area contributed by atoms with Gasteiger partial charge >= 0.3 is 0 Å². The van der Waals surface area contributed by atoms with Crippen LogP contribution in [0.5, 0.6) is 0 Å². The number of aryl methyl sites for hydroxylation is 2. The smallest absolute Gasteiger partial charge is 0.157 e. The van der Waals surface area contributed by atoms with Crippen LogP contribution in [-0.2, 0) is 13.7 Å². The number of aliphatic hydroxyl groups is 1. The van der Waals surface area contributed by atoms with Crippen LogP contribution >= 0.6 is 0 Å². The molecule has 0 saturated heterocycles. The Morgan fingerprint density at radius 1 is 1.16 bits per heavy atom. The van der Waals surface area contributed by atoms with Gasteiger partial charge in [0.2, 0.25) is 0 Å². The molecule has 0 aliphatic heterocycles. The molecule has 0 atom stereocenters. The van der Waals surface area contributed by atoms with Gasteiger partial charge in [-0.3, -0.25) is 4.68 Å². The first kappa shape index (κ1) is 15.4. The third kappa shape index (κ3) is 2.56. The van der Waals surface area contributed by atoms with Gasteiger partial charge in [-0.25, -0.2) is 4.98 Å². The Balaban J connectivity index is 1.90. The van der Waals surface area contributed by atoms with Crippen molar-refractivity contribution < 1.29 is 5.11 Å². The third-order valence-corrected chi connectivity index (χ3v) is 4.36. The second-order valence-corrected chi connectivity index (χ2v) is 6.19. The SMILES string of the molecule is Cc1ccc(-c2nn(C)c(-c3nc4ccc(N)cc4[nH]3)c2CO)cc1. The fourth-order valence-electron chi connectivity index (χ4n) is 3.10. The molecule has 0 aliphatic carbocycles. The maximum Gasteiger partial charge on any atom is 0.157 e. The lowest BCUT2D eigenvalue weighted by molar-refractivity contribution is 0.283. The summed E-state index contributed by atoms with van der Waals surface area (Å²) in [6, 6.07) is 13.6. The van der Waals surface area contributed by atoms with Crippen molar-refractivity contribution in [1.29, 1.82) is 0 Å². The predicted octanol–water partition coefficient (Wildman–Crippen LogP) is 3.01. The first-order valence-electron chi connectivity index (χ1n) is 8.06. The molecule has 25 heavy (non-hydrogen) atoms. The van der Waals surface area contributed by atoms with E-state index in [0.29, 0.717) is 11.5 Å². The van der Waals surface area contributed by atoms with E-state index in [2.05, 4.69) is 15.1 Å². The Morgan fingerprint density at radius 3 is 2.64 bits per heavy atom. The van der Waals surface area contributed by atoms with E-state index in [1.807, 2.05) is 56.4 Å². The molecular formula is C19H19N5O. The van der Waals surface area contributed by atoms with Gasteiger partial charge in [0.15, 0.2) is 5.82 Å². The Bertz CT molecular complexity index is 1060. The number of H-pyrrole nitrogens is 1.